The SMILES string of the molecule is CC1=CC=CC=C(C#N)C1. The van der Waals surface area contributed by atoms with E-state index in [-0.39, 0.29) is 0 Å². The Morgan fingerprint density at radius 1 is 1.40 bits per heavy atom. The second kappa shape index (κ2) is 3.03. The molecule has 0 fully saturated rings. The van der Waals surface area contributed by atoms with Crippen LogP contribution in [-0.2, 0) is 0 Å². The van der Waals surface area contributed by atoms with Crippen molar-refractivity contribution in [1.29, 1.82) is 5.26 Å². The van der Waals surface area contributed by atoms with Gasteiger partial charge in [0.05, 0.1) is 6.07 Å². The van der Waals surface area contributed by atoms with Gasteiger partial charge in [0.2, 0.25) is 0 Å². The molecule has 1 rings (SSSR count). The fourth-order valence-corrected chi connectivity index (χ4v) is 0.887. The molecule has 1 nitrogen and oxygen atoms in total. The van der Waals surface area contributed by atoms with Gasteiger partial charge in [-0.05, 0) is 13.0 Å². The van der Waals surface area contributed by atoms with Crippen molar-refractivity contribution in [3.05, 3.63) is 35.5 Å². The third-order valence-corrected chi connectivity index (χ3v) is 1.40. The van der Waals surface area contributed by atoms with E-state index in [0.717, 1.165) is 12.0 Å². The number of nitrogens with zero attached hydrogens (tertiary/aromatic N) is 1. The highest BCUT2D eigenvalue weighted by Crippen LogP contribution is 2.12. The molecule has 0 aromatic carbocycles. The minimum absolute atomic E-state index is 0.795. The van der Waals surface area contributed by atoms with Gasteiger partial charge >= 0.3 is 0 Å². The number of hydrogen-bond donors (Lipinski definition) is 0. The van der Waals surface area contributed by atoms with Gasteiger partial charge in [0.15, 0.2) is 0 Å². The molecule has 0 radical (unpaired) electrons. The molecule has 10 heavy (non-hydrogen) atoms. The van der Waals surface area contributed by atoms with Crippen LogP contribution in [0.15, 0.2) is 35.5 Å². The quantitative estimate of drug-likeness (QED) is 0.495. The molecule has 0 heterocycles. The number of nitriles is 1. The maximum Gasteiger partial charge on any atom is 0.0950 e. The summed E-state index contributed by atoms with van der Waals surface area (Å²) in [5, 5.41) is 8.55. The summed E-state index contributed by atoms with van der Waals surface area (Å²) >= 11 is 0. The summed E-state index contributed by atoms with van der Waals surface area (Å²) in [7, 11) is 0. The van der Waals surface area contributed by atoms with E-state index in [4.69, 9.17) is 5.26 Å². The molecular weight excluding hydrogens is 122 g/mol. The van der Waals surface area contributed by atoms with Crippen molar-refractivity contribution in [2.24, 2.45) is 0 Å². The monoisotopic (exact) mass is 131 g/mol. The van der Waals surface area contributed by atoms with Crippen molar-refractivity contribution in [2.75, 3.05) is 0 Å². The first-order valence-corrected chi connectivity index (χ1v) is 3.26. The number of rotatable bonds is 0. The summed E-state index contributed by atoms with van der Waals surface area (Å²) in [4.78, 5) is 0. The van der Waals surface area contributed by atoms with Gasteiger partial charge in [-0.2, -0.15) is 5.26 Å². The first kappa shape index (κ1) is 6.82. The largest absolute Gasteiger partial charge is 0.193 e. The fourth-order valence-electron chi connectivity index (χ4n) is 0.887. The van der Waals surface area contributed by atoms with Crippen LogP contribution in [0.25, 0.3) is 0 Å². The van der Waals surface area contributed by atoms with Gasteiger partial charge in [0.1, 0.15) is 0 Å². The number of allylic oxidation sites excluding steroid dienone is 6. The predicted molar refractivity (Wildman–Crippen MR) is 41.2 cm³/mol. The highest BCUT2D eigenvalue weighted by atomic mass is 14.2. The van der Waals surface area contributed by atoms with Crippen LogP contribution in [0.1, 0.15) is 13.3 Å². The van der Waals surface area contributed by atoms with Gasteiger partial charge in [0, 0.05) is 12.0 Å². The molecule has 0 aromatic heterocycles. The molecule has 1 heteroatoms. The van der Waals surface area contributed by atoms with Crippen LogP contribution in [0.5, 0.6) is 0 Å². The first-order valence-electron chi connectivity index (χ1n) is 3.26. The summed E-state index contributed by atoms with van der Waals surface area (Å²) in [6.07, 6.45) is 8.53. The van der Waals surface area contributed by atoms with E-state index in [0.29, 0.717) is 0 Å². The van der Waals surface area contributed by atoms with Crippen LogP contribution in [0.3, 0.4) is 0 Å². The van der Waals surface area contributed by atoms with Crippen LogP contribution >= 0.6 is 0 Å². The van der Waals surface area contributed by atoms with E-state index in [2.05, 4.69) is 6.07 Å². The van der Waals surface area contributed by atoms with Gasteiger partial charge in [-0.15, -0.1) is 0 Å². The normalized spacial score (nSPS) is 16.8. The lowest BCUT2D eigenvalue weighted by molar-refractivity contribution is 1.16. The molecule has 0 spiro atoms. The molecule has 0 unspecified atom stereocenters. The topological polar surface area (TPSA) is 23.8 Å². The summed E-state index contributed by atoms with van der Waals surface area (Å²) in [6, 6.07) is 2.14. The Hall–Kier alpha value is -1.29. The highest BCUT2D eigenvalue weighted by Gasteiger charge is 1.96. The van der Waals surface area contributed by atoms with Gasteiger partial charge in [-0.3, -0.25) is 0 Å². The van der Waals surface area contributed by atoms with E-state index >= 15 is 0 Å². The standard InChI is InChI=1S/C9H9N/c1-8-4-2-3-5-9(6-8)7-10/h2-5H,6H2,1H3. The van der Waals surface area contributed by atoms with Crippen LogP contribution in [0.2, 0.25) is 0 Å². The lowest BCUT2D eigenvalue weighted by Gasteiger charge is -1.93. The summed E-state index contributed by atoms with van der Waals surface area (Å²) < 4.78 is 0. The molecule has 0 saturated heterocycles. The van der Waals surface area contributed by atoms with Gasteiger partial charge < -0.3 is 0 Å². The maximum atomic E-state index is 8.55. The predicted octanol–water partition coefficient (Wildman–Crippen LogP) is 2.34. The van der Waals surface area contributed by atoms with E-state index in [1.54, 1.807) is 0 Å². The summed E-state index contributed by atoms with van der Waals surface area (Å²) in [6.45, 7) is 2.03. The Morgan fingerprint density at radius 2 is 2.10 bits per heavy atom. The van der Waals surface area contributed by atoms with E-state index in [9.17, 15) is 0 Å². The van der Waals surface area contributed by atoms with Crippen molar-refractivity contribution >= 4 is 0 Å². The van der Waals surface area contributed by atoms with Crippen LogP contribution in [0.4, 0.5) is 0 Å². The first-order chi connectivity index (χ1) is 4.83. The summed E-state index contributed by atoms with van der Waals surface area (Å²) in [5.74, 6) is 0. The molecule has 0 N–H and O–H groups in total. The number of hydrogen-bond acceptors (Lipinski definition) is 1. The zero-order valence-corrected chi connectivity index (χ0v) is 5.96. The van der Waals surface area contributed by atoms with Crippen molar-refractivity contribution in [1.82, 2.24) is 0 Å². The van der Waals surface area contributed by atoms with Crippen molar-refractivity contribution in [2.45, 2.75) is 13.3 Å². The zero-order chi connectivity index (χ0) is 7.40. The third-order valence-electron chi connectivity index (χ3n) is 1.40. The molecule has 0 aromatic rings. The molecule has 0 amide bonds. The van der Waals surface area contributed by atoms with Crippen LogP contribution < -0.4 is 0 Å². The second-order valence-corrected chi connectivity index (χ2v) is 2.38. The Bertz CT molecular complexity index is 248. The minimum atomic E-state index is 0.795. The highest BCUT2D eigenvalue weighted by molar-refractivity contribution is 5.34. The smallest absolute Gasteiger partial charge is 0.0950 e. The van der Waals surface area contributed by atoms with Crippen molar-refractivity contribution < 1.29 is 0 Å². The molecule has 1 aliphatic carbocycles. The van der Waals surface area contributed by atoms with Crippen LogP contribution in [-0.4, -0.2) is 0 Å². The zero-order valence-electron chi connectivity index (χ0n) is 5.96. The molecule has 0 saturated carbocycles. The Kier molecular flexibility index (Phi) is 2.07. The van der Waals surface area contributed by atoms with Gasteiger partial charge in [-0.1, -0.05) is 23.8 Å². The van der Waals surface area contributed by atoms with Crippen LogP contribution in [0, 0.1) is 11.3 Å². The molecule has 0 aliphatic heterocycles. The Morgan fingerprint density at radius 3 is 2.80 bits per heavy atom. The van der Waals surface area contributed by atoms with Crippen molar-refractivity contribution in [3.63, 3.8) is 0 Å². The lowest BCUT2D eigenvalue weighted by Crippen LogP contribution is -1.78. The van der Waals surface area contributed by atoms with E-state index < -0.39 is 0 Å². The minimum Gasteiger partial charge on any atom is -0.193 e. The molecule has 0 atom stereocenters. The summed E-state index contributed by atoms with van der Waals surface area (Å²) in [5.41, 5.74) is 2.07. The van der Waals surface area contributed by atoms with Crippen molar-refractivity contribution in [3.8, 4) is 6.07 Å². The maximum absolute atomic E-state index is 8.55. The Labute approximate surface area is 61.0 Å². The average molecular weight is 131 g/mol. The third kappa shape index (κ3) is 1.60. The second-order valence-electron chi connectivity index (χ2n) is 2.38. The Balaban J connectivity index is 2.84. The fraction of sp³-hybridized carbons (Fsp3) is 0.222. The van der Waals surface area contributed by atoms with E-state index in [1.165, 1.54) is 5.57 Å². The average Bonchev–Trinajstić information content (AvgIpc) is 2.13. The molecule has 50 valence electrons. The van der Waals surface area contributed by atoms with E-state index in [1.807, 2.05) is 31.2 Å². The molecular formula is C9H9N. The lowest BCUT2D eigenvalue weighted by atomic mass is 10.1. The van der Waals surface area contributed by atoms with Gasteiger partial charge in [-0.25, -0.2) is 0 Å². The van der Waals surface area contributed by atoms with Gasteiger partial charge in [0.25, 0.3) is 0 Å². The molecule has 1 aliphatic rings. The molecule has 0 bridgehead atoms.